The fraction of sp³-hybridized carbons (Fsp3) is 1.00. The average molecular weight is 200 g/mol. The lowest BCUT2D eigenvalue weighted by Gasteiger charge is -2.07. The van der Waals surface area contributed by atoms with Gasteiger partial charge in [0.1, 0.15) is 0 Å². The van der Waals surface area contributed by atoms with Crippen LogP contribution in [0.15, 0.2) is 10.2 Å². The lowest BCUT2D eigenvalue weighted by molar-refractivity contribution is 0.0815. The van der Waals surface area contributed by atoms with Gasteiger partial charge in [0.25, 0.3) is 0 Å². The third-order valence-corrected chi connectivity index (χ3v) is 1.93. The van der Waals surface area contributed by atoms with Gasteiger partial charge in [-0.15, -0.1) is 0 Å². The van der Waals surface area contributed by atoms with Crippen LogP contribution in [0.5, 0.6) is 0 Å². The summed E-state index contributed by atoms with van der Waals surface area (Å²) in [6, 6.07) is 0. The number of azo groups is 1. The van der Waals surface area contributed by atoms with Gasteiger partial charge < -0.3 is 5.11 Å². The number of hydrogen-bond acceptors (Lipinski definition) is 3. The normalized spacial score (nSPS) is 12.6. The molecule has 84 valence electrons. The lowest BCUT2D eigenvalue weighted by atomic mass is 10.1. The zero-order chi connectivity index (χ0) is 10.9. The summed E-state index contributed by atoms with van der Waals surface area (Å²) in [7, 11) is 0. The molecule has 0 atom stereocenters. The zero-order valence-electron chi connectivity index (χ0n) is 9.79. The molecule has 0 radical (unpaired) electrons. The Bertz CT molecular complexity index is 150. The van der Waals surface area contributed by atoms with E-state index in [1.54, 1.807) is 13.8 Å². The molecule has 0 heterocycles. The van der Waals surface area contributed by atoms with Crippen molar-refractivity contribution < 1.29 is 5.11 Å². The Labute approximate surface area is 87.6 Å². The number of nitrogens with zero attached hydrogens (tertiary/aromatic N) is 2. The minimum absolute atomic E-state index is 0.746. The van der Waals surface area contributed by atoms with Crippen molar-refractivity contribution in [1.29, 1.82) is 0 Å². The molecule has 0 aromatic heterocycles. The Morgan fingerprint density at radius 2 is 1.57 bits per heavy atom. The third kappa shape index (κ3) is 11.6. The lowest BCUT2D eigenvalue weighted by Crippen LogP contribution is -2.13. The topological polar surface area (TPSA) is 45.0 Å². The maximum atomic E-state index is 9.23. The minimum atomic E-state index is -0.998. The highest BCUT2D eigenvalue weighted by molar-refractivity contribution is 4.57. The quantitative estimate of drug-likeness (QED) is 0.473. The molecule has 0 aliphatic rings. The van der Waals surface area contributed by atoms with Crippen LogP contribution < -0.4 is 0 Å². The fourth-order valence-corrected chi connectivity index (χ4v) is 1.19. The van der Waals surface area contributed by atoms with Gasteiger partial charge >= 0.3 is 0 Å². The van der Waals surface area contributed by atoms with E-state index in [4.69, 9.17) is 0 Å². The van der Waals surface area contributed by atoms with E-state index in [0.717, 1.165) is 13.0 Å². The molecule has 14 heavy (non-hydrogen) atoms. The van der Waals surface area contributed by atoms with Gasteiger partial charge in [-0.2, -0.15) is 10.2 Å². The van der Waals surface area contributed by atoms with E-state index in [1.165, 1.54) is 32.1 Å². The van der Waals surface area contributed by atoms with Crippen molar-refractivity contribution >= 4 is 0 Å². The highest BCUT2D eigenvalue weighted by Gasteiger charge is 2.07. The van der Waals surface area contributed by atoms with Gasteiger partial charge in [0.15, 0.2) is 5.72 Å². The predicted molar refractivity (Wildman–Crippen MR) is 59.4 cm³/mol. The van der Waals surface area contributed by atoms with Crippen LogP contribution in [0.3, 0.4) is 0 Å². The van der Waals surface area contributed by atoms with Crippen molar-refractivity contribution in [3.63, 3.8) is 0 Å². The molecule has 0 fully saturated rings. The number of unbranched alkanes of at least 4 members (excludes halogenated alkanes) is 5. The van der Waals surface area contributed by atoms with E-state index >= 15 is 0 Å². The second kappa shape index (κ2) is 7.92. The van der Waals surface area contributed by atoms with Gasteiger partial charge in [0, 0.05) is 0 Å². The molecule has 0 rings (SSSR count). The van der Waals surface area contributed by atoms with Crippen molar-refractivity contribution in [2.24, 2.45) is 10.2 Å². The molecule has 0 saturated heterocycles. The molecule has 1 N–H and O–H groups in total. The van der Waals surface area contributed by atoms with Crippen molar-refractivity contribution in [2.45, 2.75) is 65.0 Å². The Balaban J connectivity index is 3.17. The molecular formula is C11H24N2O. The molecular weight excluding hydrogens is 176 g/mol. The monoisotopic (exact) mass is 200 g/mol. The van der Waals surface area contributed by atoms with Gasteiger partial charge in [-0.25, -0.2) is 0 Å². The zero-order valence-corrected chi connectivity index (χ0v) is 9.79. The average Bonchev–Trinajstić information content (AvgIpc) is 2.08. The first-order chi connectivity index (χ1) is 6.56. The molecule has 3 heteroatoms. The second-order valence-corrected chi connectivity index (χ2v) is 4.23. The van der Waals surface area contributed by atoms with Crippen LogP contribution >= 0.6 is 0 Å². The minimum Gasteiger partial charge on any atom is -0.368 e. The van der Waals surface area contributed by atoms with Gasteiger partial charge in [0.2, 0.25) is 0 Å². The summed E-state index contributed by atoms with van der Waals surface area (Å²) in [4.78, 5) is 0. The van der Waals surface area contributed by atoms with E-state index in [9.17, 15) is 5.11 Å². The molecule has 0 bridgehead atoms. The van der Waals surface area contributed by atoms with E-state index in [0.29, 0.717) is 0 Å². The number of rotatable bonds is 8. The van der Waals surface area contributed by atoms with Crippen LogP contribution in [0.25, 0.3) is 0 Å². The van der Waals surface area contributed by atoms with Crippen molar-refractivity contribution in [2.75, 3.05) is 6.54 Å². The van der Waals surface area contributed by atoms with Crippen molar-refractivity contribution in [1.82, 2.24) is 0 Å². The molecule has 3 nitrogen and oxygen atoms in total. The Kier molecular flexibility index (Phi) is 7.67. The maximum absolute atomic E-state index is 9.23. The fourth-order valence-electron chi connectivity index (χ4n) is 1.19. The summed E-state index contributed by atoms with van der Waals surface area (Å²) in [5.74, 6) is 0. The van der Waals surface area contributed by atoms with Gasteiger partial charge in [-0.05, 0) is 20.3 Å². The van der Waals surface area contributed by atoms with E-state index in [1.807, 2.05) is 0 Å². The largest absolute Gasteiger partial charge is 0.368 e. The van der Waals surface area contributed by atoms with Gasteiger partial charge in [-0.3, -0.25) is 0 Å². The van der Waals surface area contributed by atoms with E-state index < -0.39 is 5.72 Å². The highest BCUT2D eigenvalue weighted by atomic mass is 16.3. The Morgan fingerprint density at radius 1 is 1.00 bits per heavy atom. The third-order valence-electron chi connectivity index (χ3n) is 1.93. The first kappa shape index (κ1) is 13.6. The Hall–Kier alpha value is -0.440. The van der Waals surface area contributed by atoms with Crippen molar-refractivity contribution in [3.05, 3.63) is 0 Å². The summed E-state index contributed by atoms with van der Waals surface area (Å²) in [5, 5.41) is 16.9. The van der Waals surface area contributed by atoms with E-state index in [-0.39, 0.29) is 0 Å². The summed E-state index contributed by atoms with van der Waals surface area (Å²) in [6.45, 7) is 6.24. The predicted octanol–water partition coefficient (Wildman–Crippen LogP) is 3.53. The molecule has 0 aromatic rings. The van der Waals surface area contributed by atoms with Crippen LogP contribution in [0.1, 0.15) is 59.3 Å². The Morgan fingerprint density at radius 3 is 2.14 bits per heavy atom. The van der Waals surface area contributed by atoms with E-state index in [2.05, 4.69) is 17.2 Å². The summed E-state index contributed by atoms with van der Waals surface area (Å²) >= 11 is 0. The number of hydrogen-bond donors (Lipinski definition) is 1. The highest BCUT2D eigenvalue weighted by Crippen LogP contribution is 2.06. The SMILES string of the molecule is CCCCCCCCN=NC(C)(C)O. The van der Waals surface area contributed by atoms with Crippen LogP contribution in [-0.2, 0) is 0 Å². The molecule has 0 unspecified atom stereocenters. The summed E-state index contributed by atoms with van der Waals surface area (Å²) in [6.07, 6.45) is 7.57. The standard InChI is InChI=1S/C11H24N2O/c1-4-5-6-7-8-9-10-12-13-11(2,3)14/h14H,4-10H2,1-3H3. The molecule has 0 saturated carbocycles. The molecule has 0 spiro atoms. The van der Waals surface area contributed by atoms with Crippen LogP contribution in [0.4, 0.5) is 0 Å². The molecule has 0 aliphatic heterocycles. The summed E-state index contributed by atoms with van der Waals surface area (Å²) < 4.78 is 0. The van der Waals surface area contributed by atoms with Crippen molar-refractivity contribution in [3.8, 4) is 0 Å². The number of aliphatic hydroxyl groups is 1. The molecule has 0 amide bonds. The van der Waals surface area contributed by atoms with Gasteiger partial charge in [0.05, 0.1) is 6.54 Å². The molecule has 0 aromatic carbocycles. The molecule has 0 aliphatic carbocycles. The van der Waals surface area contributed by atoms with Gasteiger partial charge in [-0.1, -0.05) is 39.0 Å². The van der Waals surface area contributed by atoms with Crippen LogP contribution in [0, 0.1) is 0 Å². The second-order valence-electron chi connectivity index (χ2n) is 4.23. The van der Waals surface area contributed by atoms with Crippen LogP contribution in [0.2, 0.25) is 0 Å². The van der Waals surface area contributed by atoms with Crippen LogP contribution in [-0.4, -0.2) is 17.4 Å². The maximum Gasteiger partial charge on any atom is 0.170 e. The smallest absolute Gasteiger partial charge is 0.170 e. The first-order valence-electron chi connectivity index (χ1n) is 5.67. The first-order valence-corrected chi connectivity index (χ1v) is 5.67. The summed E-state index contributed by atoms with van der Waals surface area (Å²) in [5.41, 5.74) is -0.998.